The number of benzene rings is 1. The van der Waals surface area contributed by atoms with Gasteiger partial charge in [0.25, 0.3) is 0 Å². The van der Waals surface area contributed by atoms with Crippen molar-refractivity contribution in [1.82, 2.24) is 10.0 Å². The van der Waals surface area contributed by atoms with Gasteiger partial charge in [-0.15, -0.1) is 11.3 Å². The zero-order chi connectivity index (χ0) is 19.2. The van der Waals surface area contributed by atoms with E-state index in [0.29, 0.717) is 12.5 Å². The molecule has 8 heteroatoms. The molecule has 0 radical (unpaired) electrons. The van der Waals surface area contributed by atoms with E-state index in [1.54, 1.807) is 12.1 Å². The third-order valence-corrected chi connectivity index (χ3v) is 6.64. The minimum absolute atomic E-state index is 0.153. The maximum absolute atomic E-state index is 12.3. The van der Waals surface area contributed by atoms with Gasteiger partial charge in [0.2, 0.25) is 15.9 Å². The van der Waals surface area contributed by atoms with Crippen LogP contribution in [-0.4, -0.2) is 27.5 Å². The smallest absolute Gasteiger partial charge is 0.250 e. The summed E-state index contributed by atoms with van der Waals surface area (Å²) in [4.78, 5) is 11.7. The van der Waals surface area contributed by atoms with Crippen LogP contribution in [0.2, 0.25) is 0 Å². The number of sulfonamides is 1. The molecule has 6 nitrogen and oxygen atoms in total. The molecule has 2 aromatic rings. The quantitative estimate of drug-likeness (QED) is 0.639. The van der Waals surface area contributed by atoms with E-state index in [9.17, 15) is 13.2 Å². The predicted octanol–water partition coefficient (Wildman–Crippen LogP) is 2.86. The first kappa shape index (κ1) is 20.4. The second kappa shape index (κ2) is 9.16. The number of rotatable bonds is 9. The van der Waals surface area contributed by atoms with Crippen LogP contribution in [0.5, 0.6) is 5.75 Å². The summed E-state index contributed by atoms with van der Waals surface area (Å²) in [6.07, 6.45) is 0. The van der Waals surface area contributed by atoms with E-state index in [4.69, 9.17) is 4.74 Å². The van der Waals surface area contributed by atoms with Crippen LogP contribution in [0.3, 0.4) is 0 Å². The first-order chi connectivity index (χ1) is 12.3. The Kier molecular flexibility index (Phi) is 7.19. The molecule has 1 aromatic carbocycles. The lowest BCUT2D eigenvalue weighted by Gasteiger charge is -2.14. The van der Waals surface area contributed by atoms with Crippen molar-refractivity contribution < 1.29 is 17.9 Å². The minimum Gasteiger partial charge on any atom is -0.492 e. The van der Waals surface area contributed by atoms with Crippen LogP contribution >= 0.6 is 11.3 Å². The summed E-state index contributed by atoms with van der Waals surface area (Å²) >= 11 is 1.14. The summed E-state index contributed by atoms with van der Waals surface area (Å²) in [5, 5.41) is 2.65. The van der Waals surface area contributed by atoms with Crippen molar-refractivity contribution in [2.75, 3.05) is 13.2 Å². The molecule has 1 heterocycles. The molecule has 1 amide bonds. The molecule has 0 atom stereocenters. The van der Waals surface area contributed by atoms with E-state index in [1.165, 1.54) is 6.92 Å². The number of para-hydroxylation sites is 1. The summed E-state index contributed by atoms with van der Waals surface area (Å²) < 4.78 is 33.1. The normalized spacial score (nSPS) is 11.5. The molecule has 142 valence electrons. The summed E-state index contributed by atoms with van der Waals surface area (Å²) in [6.45, 7) is 6.33. The summed E-state index contributed by atoms with van der Waals surface area (Å²) in [7, 11) is -3.58. The Balaban J connectivity index is 1.88. The van der Waals surface area contributed by atoms with Crippen LogP contribution in [-0.2, 0) is 21.4 Å². The van der Waals surface area contributed by atoms with Gasteiger partial charge in [0.15, 0.2) is 0 Å². The first-order valence-electron chi connectivity index (χ1n) is 8.34. The highest BCUT2D eigenvalue weighted by atomic mass is 32.2. The van der Waals surface area contributed by atoms with Gasteiger partial charge >= 0.3 is 0 Å². The van der Waals surface area contributed by atoms with E-state index in [1.807, 2.05) is 24.3 Å². The zero-order valence-electron chi connectivity index (χ0n) is 15.1. The fourth-order valence-corrected chi connectivity index (χ4v) is 4.66. The van der Waals surface area contributed by atoms with Gasteiger partial charge in [0, 0.05) is 18.3 Å². The molecule has 2 N–H and O–H groups in total. The SMILES string of the molecule is CC(=O)NCc1ccc(S(=O)(=O)NCCOc2ccccc2C(C)C)s1. The van der Waals surface area contributed by atoms with Gasteiger partial charge < -0.3 is 10.1 Å². The summed E-state index contributed by atoms with van der Waals surface area (Å²) in [5.41, 5.74) is 1.09. The van der Waals surface area contributed by atoms with Crippen molar-refractivity contribution >= 4 is 27.3 Å². The second-order valence-corrected chi connectivity index (χ2v) is 9.23. The molecular weight excluding hydrogens is 372 g/mol. The Morgan fingerprint density at radius 1 is 1.19 bits per heavy atom. The molecule has 0 unspecified atom stereocenters. The third-order valence-electron chi connectivity index (χ3n) is 3.61. The largest absolute Gasteiger partial charge is 0.492 e. The average molecular weight is 397 g/mol. The topological polar surface area (TPSA) is 84.5 Å². The van der Waals surface area contributed by atoms with E-state index in [2.05, 4.69) is 23.9 Å². The van der Waals surface area contributed by atoms with Gasteiger partial charge in [-0.05, 0) is 29.7 Å². The van der Waals surface area contributed by atoms with E-state index >= 15 is 0 Å². The number of amides is 1. The molecule has 0 aliphatic rings. The highest BCUT2D eigenvalue weighted by Crippen LogP contribution is 2.25. The van der Waals surface area contributed by atoms with Crippen LogP contribution < -0.4 is 14.8 Å². The lowest BCUT2D eigenvalue weighted by molar-refractivity contribution is -0.119. The van der Waals surface area contributed by atoms with Crippen molar-refractivity contribution in [3.05, 3.63) is 46.8 Å². The Hall–Kier alpha value is -1.90. The number of hydrogen-bond acceptors (Lipinski definition) is 5. The van der Waals surface area contributed by atoms with Crippen LogP contribution in [0.15, 0.2) is 40.6 Å². The number of carbonyl (C=O) groups excluding carboxylic acids is 1. The molecular formula is C18H24N2O4S2. The predicted molar refractivity (Wildman–Crippen MR) is 103 cm³/mol. The molecule has 0 bridgehead atoms. The first-order valence-corrected chi connectivity index (χ1v) is 10.6. The van der Waals surface area contributed by atoms with Crippen LogP contribution in [0.25, 0.3) is 0 Å². The van der Waals surface area contributed by atoms with Crippen LogP contribution in [0, 0.1) is 0 Å². The Bertz CT molecular complexity index is 844. The van der Waals surface area contributed by atoms with E-state index < -0.39 is 10.0 Å². The van der Waals surface area contributed by atoms with Crippen molar-refractivity contribution in [2.45, 2.75) is 37.4 Å². The third kappa shape index (κ3) is 5.82. The maximum atomic E-state index is 12.3. The number of thiophene rings is 1. The lowest BCUT2D eigenvalue weighted by Crippen LogP contribution is -2.27. The zero-order valence-corrected chi connectivity index (χ0v) is 16.7. The van der Waals surface area contributed by atoms with Gasteiger partial charge in [0.05, 0.1) is 6.54 Å². The molecule has 1 aromatic heterocycles. The number of hydrogen-bond donors (Lipinski definition) is 2. The Labute approximate surface area is 158 Å². The van der Waals surface area contributed by atoms with Gasteiger partial charge in [-0.2, -0.15) is 0 Å². The van der Waals surface area contributed by atoms with Gasteiger partial charge in [0.1, 0.15) is 16.6 Å². The minimum atomic E-state index is -3.58. The molecule has 26 heavy (non-hydrogen) atoms. The standard InChI is InChI=1S/C18H24N2O4S2/c1-13(2)16-6-4-5-7-17(16)24-11-10-20-26(22,23)18-9-8-15(25-18)12-19-14(3)21/h4-9,13,20H,10-12H2,1-3H3,(H,19,21). The molecule has 0 spiro atoms. The van der Waals surface area contributed by atoms with Gasteiger partial charge in [-0.3, -0.25) is 4.79 Å². The van der Waals surface area contributed by atoms with E-state index in [-0.39, 0.29) is 23.3 Å². The molecule has 2 rings (SSSR count). The summed E-state index contributed by atoms with van der Waals surface area (Å²) in [6, 6.07) is 11.0. The Morgan fingerprint density at radius 3 is 2.62 bits per heavy atom. The number of carbonyl (C=O) groups is 1. The number of ether oxygens (including phenoxy) is 1. The average Bonchev–Trinajstić information content (AvgIpc) is 3.07. The fraction of sp³-hybridized carbons (Fsp3) is 0.389. The van der Waals surface area contributed by atoms with Crippen molar-refractivity contribution in [3.8, 4) is 5.75 Å². The van der Waals surface area contributed by atoms with Gasteiger partial charge in [-0.25, -0.2) is 13.1 Å². The number of nitrogens with one attached hydrogen (secondary N) is 2. The van der Waals surface area contributed by atoms with Crippen molar-refractivity contribution in [3.63, 3.8) is 0 Å². The molecule has 0 saturated heterocycles. The van der Waals surface area contributed by atoms with Crippen LogP contribution in [0.4, 0.5) is 0 Å². The molecule has 0 aliphatic heterocycles. The highest BCUT2D eigenvalue weighted by molar-refractivity contribution is 7.91. The maximum Gasteiger partial charge on any atom is 0.250 e. The molecule has 0 aliphatic carbocycles. The van der Waals surface area contributed by atoms with Crippen LogP contribution in [0.1, 0.15) is 37.1 Å². The van der Waals surface area contributed by atoms with Gasteiger partial charge in [-0.1, -0.05) is 32.0 Å². The lowest BCUT2D eigenvalue weighted by atomic mass is 10.0. The summed E-state index contributed by atoms with van der Waals surface area (Å²) in [5.74, 6) is 0.950. The monoisotopic (exact) mass is 396 g/mol. The molecule has 0 saturated carbocycles. The second-order valence-electron chi connectivity index (χ2n) is 6.07. The highest BCUT2D eigenvalue weighted by Gasteiger charge is 2.16. The van der Waals surface area contributed by atoms with Crippen molar-refractivity contribution in [1.29, 1.82) is 0 Å². The van der Waals surface area contributed by atoms with Crippen molar-refractivity contribution in [2.24, 2.45) is 0 Å². The Morgan fingerprint density at radius 2 is 1.92 bits per heavy atom. The fourth-order valence-electron chi connectivity index (χ4n) is 2.31. The van der Waals surface area contributed by atoms with E-state index in [0.717, 1.165) is 27.5 Å². The molecule has 0 fully saturated rings.